The van der Waals surface area contributed by atoms with Gasteiger partial charge in [-0.05, 0) is 29.7 Å². The second-order valence-corrected chi connectivity index (χ2v) is 6.48. The van der Waals surface area contributed by atoms with E-state index < -0.39 is 0 Å². The number of fused-ring (bicyclic) bond motifs is 1. The molecule has 2 aromatic rings. The van der Waals surface area contributed by atoms with E-state index in [4.69, 9.17) is 5.84 Å². The van der Waals surface area contributed by atoms with Crippen molar-refractivity contribution in [1.29, 1.82) is 0 Å². The second kappa shape index (κ2) is 5.93. The average Bonchev–Trinajstić information content (AvgIpc) is 2.94. The molecule has 0 radical (unpaired) electrons. The van der Waals surface area contributed by atoms with Crippen LogP contribution in [0.5, 0.6) is 0 Å². The number of aromatic nitrogens is 2. The first kappa shape index (κ1) is 13.6. The van der Waals surface area contributed by atoms with Gasteiger partial charge in [-0.1, -0.05) is 26.2 Å². The first-order chi connectivity index (χ1) is 9.78. The number of nitrogens with one attached hydrogen (secondary N) is 2. The van der Waals surface area contributed by atoms with E-state index in [1.54, 1.807) is 11.3 Å². The summed E-state index contributed by atoms with van der Waals surface area (Å²) in [7, 11) is 0. The van der Waals surface area contributed by atoms with Gasteiger partial charge in [0, 0.05) is 6.54 Å². The van der Waals surface area contributed by atoms with Gasteiger partial charge in [-0.3, -0.25) is 5.43 Å². The van der Waals surface area contributed by atoms with E-state index in [1.165, 1.54) is 25.7 Å². The number of hydrogen-bond donors (Lipinski definition) is 3. The van der Waals surface area contributed by atoms with Crippen LogP contribution in [-0.2, 0) is 0 Å². The minimum Gasteiger partial charge on any atom is -0.369 e. The van der Waals surface area contributed by atoms with Crippen molar-refractivity contribution in [2.75, 3.05) is 17.3 Å². The van der Waals surface area contributed by atoms with E-state index in [9.17, 15) is 0 Å². The Bertz CT molecular complexity index is 582. The van der Waals surface area contributed by atoms with E-state index in [2.05, 4.69) is 33.7 Å². The van der Waals surface area contributed by atoms with Crippen LogP contribution in [0.4, 0.5) is 11.8 Å². The van der Waals surface area contributed by atoms with E-state index in [0.29, 0.717) is 5.95 Å². The summed E-state index contributed by atoms with van der Waals surface area (Å²) in [5, 5.41) is 6.63. The molecule has 2 aromatic heterocycles. The van der Waals surface area contributed by atoms with Gasteiger partial charge in [0.05, 0.1) is 5.39 Å². The lowest BCUT2D eigenvalue weighted by Gasteiger charge is -2.29. The van der Waals surface area contributed by atoms with Crippen molar-refractivity contribution in [1.82, 2.24) is 9.97 Å². The summed E-state index contributed by atoms with van der Waals surface area (Å²) in [4.78, 5) is 9.77. The minimum absolute atomic E-state index is 0.471. The lowest BCUT2D eigenvalue weighted by molar-refractivity contribution is 0.268. The molecule has 3 rings (SSSR count). The molecule has 0 saturated heterocycles. The molecule has 2 heterocycles. The Labute approximate surface area is 123 Å². The first-order valence-corrected chi connectivity index (χ1v) is 8.11. The van der Waals surface area contributed by atoms with Gasteiger partial charge >= 0.3 is 0 Å². The quantitative estimate of drug-likeness (QED) is 0.595. The zero-order valence-electron chi connectivity index (χ0n) is 11.7. The Morgan fingerprint density at radius 3 is 3.00 bits per heavy atom. The van der Waals surface area contributed by atoms with Crippen molar-refractivity contribution < 1.29 is 0 Å². The number of hydrazine groups is 1. The predicted octanol–water partition coefficient (Wildman–Crippen LogP) is 3.22. The summed E-state index contributed by atoms with van der Waals surface area (Å²) in [6.45, 7) is 3.34. The third-order valence-corrected chi connectivity index (χ3v) is 5.08. The van der Waals surface area contributed by atoms with E-state index in [0.717, 1.165) is 34.4 Å². The molecule has 2 atom stereocenters. The van der Waals surface area contributed by atoms with Crippen molar-refractivity contribution in [2.24, 2.45) is 17.7 Å². The van der Waals surface area contributed by atoms with Crippen molar-refractivity contribution in [3.8, 4) is 0 Å². The van der Waals surface area contributed by atoms with Crippen LogP contribution >= 0.6 is 11.3 Å². The zero-order valence-corrected chi connectivity index (χ0v) is 12.5. The number of nitrogens with zero attached hydrogens (tertiary/aromatic N) is 2. The minimum atomic E-state index is 0.471. The van der Waals surface area contributed by atoms with Crippen LogP contribution < -0.4 is 16.6 Å². The van der Waals surface area contributed by atoms with Crippen LogP contribution in [0.2, 0.25) is 0 Å². The molecule has 6 heteroatoms. The van der Waals surface area contributed by atoms with Crippen molar-refractivity contribution in [3.05, 3.63) is 11.4 Å². The highest BCUT2D eigenvalue weighted by atomic mass is 32.1. The standard InChI is InChI=1S/C14H21N5S/c1-9-4-2-3-5-10(9)8-16-12-11-6-7-20-13(11)18-14(17-12)19-15/h6-7,9-10H,2-5,8,15H2,1H3,(H2,16,17,18,19). The monoisotopic (exact) mass is 291 g/mol. The molecular weight excluding hydrogens is 270 g/mol. The van der Waals surface area contributed by atoms with Gasteiger partial charge in [-0.15, -0.1) is 11.3 Å². The maximum Gasteiger partial charge on any atom is 0.240 e. The molecule has 5 nitrogen and oxygen atoms in total. The number of rotatable bonds is 4. The van der Waals surface area contributed by atoms with Gasteiger partial charge < -0.3 is 5.32 Å². The Morgan fingerprint density at radius 1 is 1.35 bits per heavy atom. The second-order valence-electron chi connectivity index (χ2n) is 5.58. The molecular formula is C14H21N5S. The maximum atomic E-state index is 5.44. The summed E-state index contributed by atoms with van der Waals surface area (Å²) < 4.78 is 0. The van der Waals surface area contributed by atoms with Gasteiger partial charge in [0.15, 0.2) is 0 Å². The highest BCUT2D eigenvalue weighted by Crippen LogP contribution is 2.31. The van der Waals surface area contributed by atoms with Gasteiger partial charge in [-0.2, -0.15) is 4.98 Å². The van der Waals surface area contributed by atoms with Crippen molar-refractivity contribution in [2.45, 2.75) is 32.6 Å². The van der Waals surface area contributed by atoms with Crippen LogP contribution in [0.25, 0.3) is 10.2 Å². The molecule has 0 bridgehead atoms. The fourth-order valence-corrected chi connectivity index (χ4v) is 3.74. The fourth-order valence-electron chi connectivity index (χ4n) is 2.98. The lowest BCUT2D eigenvalue weighted by Crippen LogP contribution is -2.25. The number of anilines is 2. The average molecular weight is 291 g/mol. The molecule has 4 N–H and O–H groups in total. The molecule has 2 unspecified atom stereocenters. The fraction of sp³-hybridized carbons (Fsp3) is 0.571. The summed E-state index contributed by atoms with van der Waals surface area (Å²) in [6.07, 6.45) is 5.39. The molecule has 0 aliphatic heterocycles. The highest BCUT2D eigenvalue weighted by Gasteiger charge is 2.21. The molecule has 1 aliphatic rings. The number of nitrogens with two attached hydrogens (primary N) is 1. The molecule has 0 amide bonds. The Morgan fingerprint density at radius 2 is 2.20 bits per heavy atom. The van der Waals surface area contributed by atoms with Crippen LogP contribution in [0, 0.1) is 11.8 Å². The van der Waals surface area contributed by atoms with E-state index >= 15 is 0 Å². The topological polar surface area (TPSA) is 75.9 Å². The third kappa shape index (κ3) is 2.71. The van der Waals surface area contributed by atoms with Crippen molar-refractivity contribution >= 4 is 33.3 Å². The van der Waals surface area contributed by atoms with Crippen LogP contribution in [0.15, 0.2) is 11.4 Å². The Hall–Kier alpha value is -1.40. The molecule has 1 saturated carbocycles. The number of nitrogen functional groups attached to an aromatic ring is 1. The largest absolute Gasteiger partial charge is 0.369 e. The molecule has 0 aromatic carbocycles. The summed E-state index contributed by atoms with van der Waals surface area (Å²) in [6, 6.07) is 2.06. The van der Waals surface area contributed by atoms with Gasteiger partial charge in [0.25, 0.3) is 0 Å². The van der Waals surface area contributed by atoms with Crippen LogP contribution in [0.1, 0.15) is 32.6 Å². The highest BCUT2D eigenvalue weighted by molar-refractivity contribution is 7.16. The molecule has 108 valence electrons. The SMILES string of the molecule is CC1CCCCC1CNc1nc(NN)nc2sccc12. The van der Waals surface area contributed by atoms with Gasteiger partial charge in [-0.25, -0.2) is 10.8 Å². The predicted molar refractivity (Wildman–Crippen MR) is 84.8 cm³/mol. The normalized spacial score (nSPS) is 22.9. The zero-order chi connectivity index (χ0) is 13.9. The smallest absolute Gasteiger partial charge is 0.240 e. The first-order valence-electron chi connectivity index (χ1n) is 7.23. The van der Waals surface area contributed by atoms with E-state index in [-0.39, 0.29) is 0 Å². The van der Waals surface area contributed by atoms with E-state index in [1.807, 2.05) is 5.38 Å². The van der Waals surface area contributed by atoms with Gasteiger partial charge in [0.1, 0.15) is 10.6 Å². The summed E-state index contributed by atoms with van der Waals surface area (Å²) in [5.74, 6) is 8.34. The Kier molecular flexibility index (Phi) is 4.03. The molecule has 1 aliphatic carbocycles. The number of thiophene rings is 1. The summed E-state index contributed by atoms with van der Waals surface area (Å²) >= 11 is 1.61. The maximum absolute atomic E-state index is 5.44. The molecule has 1 fully saturated rings. The third-order valence-electron chi connectivity index (χ3n) is 4.27. The number of hydrogen-bond acceptors (Lipinski definition) is 6. The molecule has 20 heavy (non-hydrogen) atoms. The van der Waals surface area contributed by atoms with Crippen LogP contribution in [0.3, 0.4) is 0 Å². The lowest BCUT2D eigenvalue weighted by atomic mass is 9.80. The summed E-state index contributed by atoms with van der Waals surface area (Å²) in [5.41, 5.74) is 2.54. The van der Waals surface area contributed by atoms with Crippen LogP contribution in [-0.4, -0.2) is 16.5 Å². The Balaban J connectivity index is 1.77. The van der Waals surface area contributed by atoms with Crippen molar-refractivity contribution in [3.63, 3.8) is 0 Å². The molecule has 0 spiro atoms. The van der Waals surface area contributed by atoms with Gasteiger partial charge in [0.2, 0.25) is 5.95 Å².